The van der Waals surface area contributed by atoms with Gasteiger partial charge in [-0.15, -0.1) is 0 Å². The van der Waals surface area contributed by atoms with E-state index in [-0.39, 0.29) is 6.04 Å². The zero-order valence-electron chi connectivity index (χ0n) is 4.94. The first-order valence-electron chi connectivity index (χ1n) is 3.20. The lowest BCUT2D eigenvalue weighted by molar-refractivity contribution is 0.218. The van der Waals surface area contributed by atoms with E-state index < -0.39 is 6.17 Å². The first-order valence-corrected chi connectivity index (χ1v) is 3.20. The maximum Gasteiger partial charge on any atom is 0.115 e. The molecule has 2 N–H and O–H groups in total. The highest BCUT2D eigenvalue weighted by atomic mass is 19.1. The molecule has 48 valence electrons. The average Bonchev–Trinajstić information content (AvgIpc) is 1.77. The van der Waals surface area contributed by atoms with Gasteiger partial charge in [0.2, 0.25) is 0 Å². The summed E-state index contributed by atoms with van der Waals surface area (Å²) in [5.74, 6) is 0. The standard InChI is InChI=1S/C6H12FN/c7-5-3-1-2-4-6(5)8/h5-6H,1-4,8H2/t5-,6?/m0/s1. The molecule has 1 aliphatic carbocycles. The van der Waals surface area contributed by atoms with E-state index in [0.29, 0.717) is 6.42 Å². The van der Waals surface area contributed by atoms with Crippen LogP contribution < -0.4 is 5.73 Å². The van der Waals surface area contributed by atoms with E-state index in [1.807, 2.05) is 0 Å². The van der Waals surface area contributed by atoms with E-state index in [9.17, 15) is 4.39 Å². The molecule has 1 aliphatic rings. The van der Waals surface area contributed by atoms with Crippen molar-refractivity contribution in [2.75, 3.05) is 0 Å². The van der Waals surface area contributed by atoms with Crippen LogP contribution in [-0.4, -0.2) is 12.2 Å². The van der Waals surface area contributed by atoms with Crippen LogP contribution >= 0.6 is 0 Å². The van der Waals surface area contributed by atoms with Crippen molar-refractivity contribution in [3.63, 3.8) is 0 Å². The van der Waals surface area contributed by atoms with Crippen molar-refractivity contribution in [3.8, 4) is 0 Å². The van der Waals surface area contributed by atoms with Crippen molar-refractivity contribution in [1.29, 1.82) is 0 Å². The fourth-order valence-electron chi connectivity index (χ4n) is 1.11. The lowest BCUT2D eigenvalue weighted by atomic mass is 9.95. The molecule has 0 aromatic heterocycles. The summed E-state index contributed by atoms with van der Waals surface area (Å²) >= 11 is 0. The average molecular weight is 117 g/mol. The molecule has 0 aliphatic heterocycles. The van der Waals surface area contributed by atoms with Crippen molar-refractivity contribution in [2.45, 2.75) is 37.9 Å². The third-order valence-corrected chi connectivity index (χ3v) is 1.73. The van der Waals surface area contributed by atoms with Crippen LogP contribution in [0.3, 0.4) is 0 Å². The van der Waals surface area contributed by atoms with Gasteiger partial charge in [-0.1, -0.05) is 12.8 Å². The number of rotatable bonds is 0. The smallest absolute Gasteiger partial charge is 0.115 e. The fraction of sp³-hybridized carbons (Fsp3) is 1.00. The molecule has 0 aromatic carbocycles. The van der Waals surface area contributed by atoms with Gasteiger partial charge in [-0.25, -0.2) is 4.39 Å². The number of alkyl halides is 1. The van der Waals surface area contributed by atoms with Gasteiger partial charge in [-0.3, -0.25) is 0 Å². The highest BCUT2D eigenvalue weighted by Crippen LogP contribution is 2.18. The van der Waals surface area contributed by atoms with Crippen molar-refractivity contribution >= 4 is 0 Å². The molecule has 1 saturated carbocycles. The summed E-state index contributed by atoms with van der Waals surface area (Å²) < 4.78 is 12.5. The quantitative estimate of drug-likeness (QED) is 0.507. The Kier molecular flexibility index (Phi) is 1.84. The molecule has 8 heavy (non-hydrogen) atoms. The molecular formula is C6H12FN. The Balaban J connectivity index is 2.28. The Labute approximate surface area is 49.1 Å². The number of hydrogen-bond donors (Lipinski definition) is 1. The molecular weight excluding hydrogens is 105 g/mol. The van der Waals surface area contributed by atoms with Crippen molar-refractivity contribution in [3.05, 3.63) is 0 Å². The number of nitrogens with two attached hydrogens (primary N) is 1. The van der Waals surface area contributed by atoms with Gasteiger partial charge < -0.3 is 5.73 Å². The van der Waals surface area contributed by atoms with Crippen LogP contribution in [0, 0.1) is 0 Å². The van der Waals surface area contributed by atoms with Gasteiger partial charge in [0.05, 0.1) is 0 Å². The molecule has 0 amide bonds. The summed E-state index contributed by atoms with van der Waals surface area (Å²) in [5, 5.41) is 0. The normalized spacial score (nSPS) is 39.8. The molecule has 1 fully saturated rings. The van der Waals surface area contributed by atoms with Crippen LogP contribution in [0.5, 0.6) is 0 Å². The molecule has 0 aromatic rings. The maximum absolute atomic E-state index is 12.5. The predicted molar refractivity (Wildman–Crippen MR) is 31.3 cm³/mol. The first kappa shape index (κ1) is 6.02. The van der Waals surface area contributed by atoms with Gasteiger partial charge in [0, 0.05) is 6.04 Å². The molecule has 0 radical (unpaired) electrons. The van der Waals surface area contributed by atoms with E-state index in [1.165, 1.54) is 0 Å². The third-order valence-electron chi connectivity index (χ3n) is 1.73. The maximum atomic E-state index is 12.5. The summed E-state index contributed by atoms with van der Waals surface area (Å²) in [6.45, 7) is 0. The highest BCUT2D eigenvalue weighted by molar-refractivity contribution is 4.76. The second kappa shape index (κ2) is 2.44. The molecule has 2 atom stereocenters. The molecule has 0 bridgehead atoms. The summed E-state index contributed by atoms with van der Waals surface area (Å²) in [6, 6.07) is -0.163. The Bertz CT molecular complexity index is 64.9. The first-order chi connectivity index (χ1) is 3.80. The van der Waals surface area contributed by atoms with Crippen molar-refractivity contribution < 1.29 is 4.39 Å². The lowest BCUT2D eigenvalue weighted by Gasteiger charge is -2.21. The second-order valence-electron chi connectivity index (χ2n) is 2.46. The van der Waals surface area contributed by atoms with Gasteiger partial charge in [0.25, 0.3) is 0 Å². The predicted octanol–water partition coefficient (Wildman–Crippen LogP) is 1.23. The lowest BCUT2D eigenvalue weighted by Crippen LogP contribution is -2.34. The van der Waals surface area contributed by atoms with Crippen molar-refractivity contribution in [2.24, 2.45) is 5.73 Å². The van der Waals surface area contributed by atoms with E-state index in [1.54, 1.807) is 0 Å². The molecule has 0 saturated heterocycles. The Morgan fingerprint density at radius 3 is 2.25 bits per heavy atom. The highest BCUT2D eigenvalue weighted by Gasteiger charge is 2.19. The number of halogens is 1. The topological polar surface area (TPSA) is 26.0 Å². The molecule has 1 nitrogen and oxygen atoms in total. The van der Waals surface area contributed by atoms with Gasteiger partial charge in [0.15, 0.2) is 0 Å². The van der Waals surface area contributed by atoms with Crippen LogP contribution in [0.2, 0.25) is 0 Å². The van der Waals surface area contributed by atoms with Gasteiger partial charge in [-0.05, 0) is 12.8 Å². The molecule has 2 heteroatoms. The van der Waals surface area contributed by atoms with Crippen LogP contribution in [0.1, 0.15) is 25.7 Å². The summed E-state index contributed by atoms with van der Waals surface area (Å²) in [5.41, 5.74) is 5.40. The molecule has 1 unspecified atom stereocenters. The van der Waals surface area contributed by atoms with E-state index in [0.717, 1.165) is 19.3 Å². The zero-order chi connectivity index (χ0) is 5.98. The van der Waals surface area contributed by atoms with E-state index in [2.05, 4.69) is 0 Å². The number of hydrogen-bond acceptors (Lipinski definition) is 1. The van der Waals surface area contributed by atoms with Crippen molar-refractivity contribution in [1.82, 2.24) is 0 Å². The van der Waals surface area contributed by atoms with Gasteiger partial charge in [-0.2, -0.15) is 0 Å². The monoisotopic (exact) mass is 117 g/mol. The summed E-state index contributed by atoms with van der Waals surface area (Å²) in [6.07, 6.45) is 2.97. The van der Waals surface area contributed by atoms with Gasteiger partial charge in [0.1, 0.15) is 6.17 Å². The van der Waals surface area contributed by atoms with Crippen LogP contribution in [-0.2, 0) is 0 Å². The largest absolute Gasteiger partial charge is 0.325 e. The minimum Gasteiger partial charge on any atom is -0.325 e. The third kappa shape index (κ3) is 1.19. The Hall–Kier alpha value is -0.110. The molecule has 1 rings (SSSR count). The fourth-order valence-corrected chi connectivity index (χ4v) is 1.11. The molecule has 0 heterocycles. The van der Waals surface area contributed by atoms with Crippen LogP contribution in [0.25, 0.3) is 0 Å². The minimum absolute atomic E-state index is 0.163. The Morgan fingerprint density at radius 2 is 1.88 bits per heavy atom. The SMILES string of the molecule is NC1CCCC[C@@H]1F. The second-order valence-corrected chi connectivity index (χ2v) is 2.46. The Morgan fingerprint density at radius 1 is 1.25 bits per heavy atom. The molecule has 0 spiro atoms. The van der Waals surface area contributed by atoms with Gasteiger partial charge >= 0.3 is 0 Å². The van der Waals surface area contributed by atoms with Crippen LogP contribution in [0.4, 0.5) is 4.39 Å². The van der Waals surface area contributed by atoms with E-state index >= 15 is 0 Å². The zero-order valence-corrected chi connectivity index (χ0v) is 4.94. The summed E-state index contributed by atoms with van der Waals surface area (Å²) in [4.78, 5) is 0. The minimum atomic E-state index is -0.719. The van der Waals surface area contributed by atoms with Crippen LogP contribution in [0.15, 0.2) is 0 Å². The van der Waals surface area contributed by atoms with E-state index in [4.69, 9.17) is 5.73 Å². The summed E-state index contributed by atoms with van der Waals surface area (Å²) in [7, 11) is 0.